The van der Waals surface area contributed by atoms with Crippen LogP contribution in [0.25, 0.3) is 10.1 Å². The third-order valence-electron chi connectivity index (χ3n) is 4.73. The van der Waals surface area contributed by atoms with E-state index in [0.29, 0.717) is 42.4 Å². The average Bonchev–Trinajstić information content (AvgIpc) is 2.94. The Morgan fingerprint density at radius 2 is 2.04 bits per heavy atom. The lowest BCUT2D eigenvalue weighted by atomic mass is 10.0. The Balaban J connectivity index is 1.59. The van der Waals surface area contributed by atoms with Gasteiger partial charge in [0.05, 0.1) is 23.7 Å². The Bertz CT molecular complexity index is 891. The molecule has 2 aromatic rings. The lowest BCUT2D eigenvalue weighted by Crippen LogP contribution is -2.45. The van der Waals surface area contributed by atoms with Gasteiger partial charge in [0.2, 0.25) is 0 Å². The Kier molecular flexibility index (Phi) is 4.20. The summed E-state index contributed by atoms with van der Waals surface area (Å²) in [6.45, 7) is 3.76. The van der Waals surface area contributed by atoms with E-state index in [-0.39, 0.29) is 11.5 Å². The second kappa shape index (κ2) is 6.17. The zero-order valence-electron chi connectivity index (χ0n) is 14.0. The maximum Gasteiger partial charge on any atom is 0.416 e. The fourth-order valence-electron chi connectivity index (χ4n) is 3.37. The Morgan fingerprint density at radius 1 is 1.31 bits per heavy atom. The minimum atomic E-state index is -4.48. The Morgan fingerprint density at radius 3 is 2.65 bits per heavy atom. The third kappa shape index (κ3) is 3.19. The highest BCUT2D eigenvalue weighted by molar-refractivity contribution is 7.21. The summed E-state index contributed by atoms with van der Waals surface area (Å²) in [6.07, 6.45) is -3.10. The molecule has 1 aromatic heterocycles. The second-order valence-corrected chi connectivity index (χ2v) is 7.66. The molecule has 5 nitrogen and oxygen atoms in total. The van der Waals surface area contributed by atoms with Gasteiger partial charge in [0.25, 0.3) is 5.56 Å². The smallest absolute Gasteiger partial charge is 0.348 e. The van der Waals surface area contributed by atoms with E-state index in [1.54, 1.807) is 0 Å². The highest BCUT2D eigenvalue weighted by atomic mass is 32.1. The molecule has 2 saturated heterocycles. The number of fused-ring (bicyclic) bond motifs is 1. The van der Waals surface area contributed by atoms with Crippen molar-refractivity contribution in [3.05, 3.63) is 34.1 Å². The molecule has 0 saturated carbocycles. The van der Waals surface area contributed by atoms with E-state index in [1.807, 2.05) is 11.8 Å². The molecule has 2 aliphatic heterocycles. The van der Waals surface area contributed by atoms with Crippen LogP contribution in [0, 0.1) is 0 Å². The summed E-state index contributed by atoms with van der Waals surface area (Å²) in [5.74, 6) is -0.556. The summed E-state index contributed by atoms with van der Waals surface area (Å²) >= 11 is 1.22. The summed E-state index contributed by atoms with van der Waals surface area (Å²) < 4.78 is 50.7. The van der Waals surface area contributed by atoms with Crippen LogP contribution in [-0.4, -0.2) is 36.6 Å². The van der Waals surface area contributed by atoms with Gasteiger partial charge in [-0.15, -0.1) is 0 Å². The molecule has 26 heavy (non-hydrogen) atoms. The standard InChI is InChI=1S/C17H17F3N2O3S/c1-10-9-24-16(25-10)4-6-22(7-5-16)15-21-14(23)12-8-11(17(18,19)20)2-3-13(12)26-15/h2-3,8,10H,4-7,9H2,1H3/t10-/m0/s1. The number of benzene rings is 1. The molecule has 0 bridgehead atoms. The van der Waals surface area contributed by atoms with Gasteiger partial charge in [-0.2, -0.15) is 18.2 Å². The molecule has 1 spiro atoms. The third-order valence-corrected chi connectivity index (χ3v) is 5.84. The molecule has 3 heterocycles. The van der Waals surface area contributed by atoms with E-state index in [1.165, 1.54) is 17.4 Å². The highest BCUT2D eigenvalue weighted by Crippen LogP contribution is 2.37. The molecular formula is C17H17F3N2O3S. The average molecular weight is 386 g/mol. The van der Waals surface area contributed by atoms with Crippen molar-refractivity contribution in [1.29, 1.82) is 0 Å². The monoisotopic (exact) mass is 386 g/mol. The van der Waals surface area contributed by atoms with Gasteiger partial charge in [0, 0.05) is 30.6 Å². The molecule has 0 amide bonds. The summed E-state index contributed by atoms with van der Waals surface area (Å²) in [7, 11) is 0. The van der Waals surface area contributed by atoms with E-state index in [4.69, 9.17) is 9.47 Å². The van der Waals surface area contributed by atoms with Gasteiger partial charge >= 0.3 is 6.18 Å². The van der Waals surface area contributed by atoms with Crippen LogP contribution in [0.2, 0.25) is 0 Å². The number of hydrogen-bond acceptors (Lipinski definition) is 6. The van der Waals surface area contributed by atoms with Crippen LogP contribution >= 0.6 is 11.3 Å². The summed E-state index contributed by atoms with van der Waals surface area (Å²) in [6, 6.07) is 3.21. The van der Waals surface area contributed by atoms with Crippen LogP contribution in [0.15, 0.2) is 23.0 Å². The van der Waals surface area contributed by atoms with E-state index in [2.05, 4.69) is 4.98 Å². The largest absolute Gasteiger partial charge is 0.416 e. The first-order chi connectivity index (χ1) is 12.3. The van der Waals surface area contributed by atoms with E-state index < -0.39 is 23.1 Å². The van der Waals surface area contributed by atoms with Gasteiger partial charge in [-0.1, -0.05) is 11.3 Å². The van der Waals surface area contributed by atoms with E-state index in [9.17, 15) is 18.0 Å². The van der Waals surface area contributed by atoms with Crippen molar-refractivity contribution in [2.75, 3.05) is 24.6 Å². The topological polar surface area (TPSA) is 51.7 Å². The molecule has 9 heteroatoms. The first-order valence-corrected chi connectivity index (χ1v) is 9.16. The summed E-state index contributed by atoms with van der Waals surface area (Å²) in [5, 5.41) is 0.515. The molecule has 0 unspecified atom stereocenters. The number of hydrogen-bond donors (Lipinski definition) is 0. The molecule has 4 rings (SSSR count). The van der Waals surface area contributed by atoms with Crippen LogP contribution in [0.1, 0.15) is 25.3 Å². The maximum atomic E-state index is 12.8. The fraction of sp³-hybridized carbons (Fsp3) is 0.529. The van der Waals surface area contributed by atoms with Gasteiger partial charge in [0.15, 0.2) is 10.9 Å². The van der Waals surface area contributed by atoms with Crippen LogP contribution < -0.4 is 10.5 Å². The van der Waals surface area contributed by atoms with Crippen molar-refractivity contribution in [1.82, 2.24) is 4.98 Å². The highest BCUT2D eigenvalue weighted by Gasteiger charge is 2.43. The molecule has 0 radical (unpaired) electrons. The van der Waals surface area contributed by atoms with E-state index >= 15 is 0 Å². The number of rotatable bonds is 1. The predicted molar refractivity (Wildman–Crippen MR) is 91.6 cm³/mol. The van der Waals surface area contributed by atoms with Gasteiger partial charge in [-0.25, -0.2) is 0 Å². The van der Waals surface area contributed by atoms with Crippen molar-refractivity contribution in [3.63, 3.8) is 0 Å². The number of ether oxygens (including phenoxy) is 2. The molecule has 140 valence electrons. The van der Waals surface area contributed by atoms with Crippen LogP contribution in [0.4, 0.5) is 18.3 Å². The van der Waals surface area contributed by atoms with Crippen molar-refractivity contribution < 1.29 is 22.6 Å². The predicted octanol–water partition coefficient (Wildman–Crippen LogP) is 3.41. The second-order valence-electron chi connectivity index (χ2n) is 6.65. The number of aromatic nitrogens is 1. The first-order valence-electron chi connectivity index (χ1n) is 8.35. The molecule has 2 fully saturated rings. The lowest BCUT2D eigenvalue weighted by molar-refractivity contribution is -0.178. The summed E-state index contributed by atoms with van der Waals surface area (Å²) in [4.78, 5) is 18.2. The van der Waals surface area contributed by atoms with Crippen LogP contribution in [0.5, 0.6) is 0 Å². The first kappa shape index (κ1) is 17.7. The quantitative estimate of drug-likeness (QED) is 0.752. The van der Waals surface area contributed by atoms with Crippen molar-refractivity contribution in [2.24, 2.45) is 0 Å². The van der Waals surface area contributed by atoms with Crippen molar-refractivity contribution >= 4 is 26.6 Å². The SMILES string of the molecule is C[C@H]1COC2(CCN(c3nc(=O)c4cc(C(F)(F)F)ccc4s3)CC2)O1. The zero-order chi connectivity index (χ0) is 18.5. The molecular weight excluding hydrogens is 369 g/mol. The molecule has 0 N–H and O–H groups in total. The van der Waals surface area contributed by atoms with Crippen molar-refractivity contribution in [3.8, 4) is 0 Å². The number of alkyl halides is 3. The van der Waals surface area contributed by atoms with Crippen molar-refractivity contribution in [2.45, 2.75) is 37.8 Å². The Labute approximate surface area is 151 Å². The fourth-order valence-corrected chi connectivity index (χ4v) is 4.40. The number of nitrogens with zero attached hydrogens (tertiary/aromatic N) is 2. The molecule has 1 atom stereocenters. The normalized spacial score (nSPS) is 23.1. The molecule has 2 aliphatic rings. The van der Waals surface area contributed by atoms with E-state index in [0.717, 1.165) is 12.1 Å². The van der Waals surface area contributed by atoms with Crippen LogP contribution in [0.3, 0.4) is 0 Å². The van der Waals surface area contributed by atoms with Crippen LogP contribution in [-0.2, 0) is 15.7 Å². The van der Waals surface area contributed by atoms with Gasteiger partial charge in [0.1, 0.15) is 0 Å². The molecule has 1 aromatic carbocycles. The number of piperidine rings is 1. The minimum absolute atomic E-state index is 0.00154. The minimum Gasteiger partial charge on any atom is -0.348 e. The molecule has 0 aliphatic carbocycles. The zero-order valence-corrected chi connectivity index (χ0v) is 14.8. The number of anilines is 1. The van der Waals surface area contributed by atoms with Gasteiger partial charge < -0.3 is 14.4 Å². The van der Waals surface area contributed by atoms with Gasteiger partial charge in [-0.05, 0) is 25.1 Å². The lowest BCUT2D eigenvalue weighted by Gasteiger charge is -2.38. The maximum absolute atomic E-state index is 12.8. The van der Waals surface area contributed by atoms with Gasteiger partial charge in [-0.3, -0.25) is 4.79 Å². The summed E-state index contributed by atoms with van der Waals surface area (Å²) in [5.41, 5.74) is -1.48. The Hall–Kier alpha value is -1.71. The number of halogens is 3.